The summed E-state index contributed by atoms with van der Waals surface area (Å²) in [7, 11) is -0.0583. The fraction of sp³-hybridized carbons (Fsp3) is 0.200. The number of ether oxygens (including phenoxy) is 3. The molecule has 0 aromatic heterocycles. The van der Waals surface area contributed by atoms with Gasteiger partial charge in [-0.1, -0.05) is 36.4 Å². The lowest BCUT2D eigenvalue weighted by atomic mass is 10.1. The van der Waals surface area contributed by atoms with E-state index < -0.39 is 28.4 Å². The Morgan fingerprint density at radius 1 is 0.886 bits per heavy atom. The van der Waals surface area contributed by atoms with Crippen molar-refractivity contribution in [1.29, 1.82) is 0 Å². The summed E-state index contributed by atoms with van der Waals surface area (Å²) < 4.78 is 43.4. The third-order valence-electron chi connectivity index (χ3n) is 5.21. The highest BCUT2D eigenvalue weighted by molar-refractivity contribution is 7.92. The van der Waals surface area contributed by atoms with Crippen LogP contribution in [0, 0.1) is 6.92 Å². The molecule has 0 aliphatic rings. The van der Waals surface area contributed by atoms with E-state index in [1.165, 1.54) is 45.6 Å². The van der Waals surface area contributed by atoms with Gasteiger partial charge in [-0.05, 0) is 30.7 Å². The van der Waals surface area contributed by atoms with Crippen LogP contribution in [0.1, 0.15) is 15.9 Å². The highest BCUT2D eigenvalue weighted by atomic mass is 32.2. The van der Waals surface area contributed by atoms with Crippen molar-refractivity contribution in [1.82, 2.24) is 0 Å². The Morgan fingerprint density at radius 2 is 1.49 bits per heavy atom. The van der Waals surface area contributed by atoms with Crippen LogP contribution in [0.3, 0.4) is 0 Å². The predicted molar refractivity (Wildman–Crippen MR) is 132 cm³/mol. The van der Waals surface area contributed by atoms with Crippen LogP contribution in [0.25, 0.3) is 0 Å². The van der Waals surface area contributed by atoms with Crippen LogP contribution in [0.2, 0.25) is 0 Å². The van der Waals surface area contributed by atoms with Crippen LogP contribution in [0.15, 0.2) is 71.6 Å². The molecular weight excluding hydrogens is 472 g/mol. The van der Waals surface area contributed by atoms with Crippen molar-refractivity contribution >= 4 is 33.3 Å². The smallest absolute Gasteiger partial charge is 0.340 e. The lowest BCUT2D eigenvalue weighted by molar-refractivity contribution is -0.114. The Labute approximate surface area is 204 Å². The van der Waals surface area contributed by atoms with E-state index >= 15 is 0 Å². The number of hydrogen-bond acceptors (Lipinski definition) is 7. The van der Waals surface area contributed by atoms with Gasteiger partial charge in [0.05, 0.1) is 43.2 Å². The first-order valence-electron chi connectivity index (χ1n) is 10.5. The molecule has 0 bridgehead atoms. The van der Waals surface area contributed by atoms with Gasteiger partial charge in [0, 0.05) is 12.1 Å². The molecule has 10 heteroatoms. The van der Waals surface area contributed by atoms with Crippen molar-refractivity contribution in [2.75, 3.05) is 37.5 Å². The number of rotatable bonds is 9. The molecule has 3 aromatic rings. The molecule has 0 heterocycles. The third-order valence-corrected chi connectivity index (χ3v) is 6.98. The average Bonchev–Trinajstić information content (AvgIpc) is 2.87. The molecule has 1 amide bonds. The molecule has 184 valence electrons. The van der Waals surface area contributed by atoms with E-state index in [4.69, 9.17) is 14.2 Å². The average molecular weight is 499 g/mol. The van der Waals surface area contributed by atoms with Crippen molar-refractivity contribution in [3.05, 3.63) is 77.9 Å². The Balaban J connectivity index is 2.02. The lowest BCUT2D eigenvalue weighted by Gasteiger charge is -2.26. The summed E-state index contributed by atoms with van der Waals surface area (Å²) in [4.78, 5) is 25.5. The zero-order valence-corrected chi connectivity index (χ0v) is 20.6. The zero-order chi connectivity index (χ0) is 25.6. The molecule has 0 unspecified atom stereocenters. The Morgan fingerprint density at radius 3 is 2.09 bits per heavy atom. The van der Waals surface area contributed by atoms with Gasteiger partial charge in [0.1, 0.15) is 6.54 Å². The van der Waals surface area contributed by atoms with Gasteiger partial charge in [-0.2, -0.15) is 0 Å². The summed E-state index contributed by atoms with van der Waals surface area (Å²) >= 11 is 0. The highest BCUT2D eigenvalue weighted by Gasteiger charge is 2.29. The predicted octanol–water partition coefficient (Wildman–Crippen LogP) is 3.63. The van der Waals surface area contributed by atoms with E-state index in [9.17, 15) is 18.0 Å². The van der Waals surface area contributed by atoms with Crippen LogP contribution in [-0.2, 0) is 19.6 Å². The van der Waals surface area contributed by atoms with Crippen LogP contribution in [0.4, 0.5) is 11.4 Å². The first kappa shape index (κ1) is 25.6. The summed E-state index contributed by atoms with van der Waals surface area (Å²) in [5.74, 6) is -0.860. The molecule has 0 saturated carbocycles. The van der Waals surface area contributed by atoms with Crippen molar-refractivity contribution in [2.24, 2.45) is 0 Å². The van der Waals surface area contributed by atoms with E-state index in [-0.39, 0.29) is 27.6 Å². The van der Waals surface area contributed by atoms with Crippen LogP contribution in [0.5, 0.6) is 11.5 Å². The molecule has 0 fully saturated rings. The third kappa shape index (κ3) is 5.55. The van der Waals surface area contributed by atoms with Crippen LogP contribution >= 0.6 is 0 Å². The maximum Gasteiger partial charge on any atom is 0.340 e. The van der Waals surface area contributed by atoms with E-state index in [2.05, 4.69) is 5.32 Å². The second kappa shape index (κ2) is 10.9. The summed E-state index contributed by atoms with van der Waals surface area (Å²) in [5.41, 5.74) is 1.13. The molecule has 0 atom stereocenters. The fourth-order valence-corrected chi connectivity index (χ4v) is 4.95. The minimum Gasteiger partial charge on any atom is -0.493 e. The number of nitrogens with zero attached hydrogens (tertiary/aromatic N) is 1. The molecule has 3 rings (SSSR count). The summed E-state index contributed by atoms with van der Waals surface area (Å²) in [6.45, 7) is 1.21. The fourth-order valence-electron chi connectivity index (χ4n) is 3.44. The summed E-state index contributed by atoms with van der Waals surface area (Å²) in [6.07, 6.45) is 0. The van der Waals surface area contributed by atoms with Gasteiger partial charge >= 0.3 is 5.97 Å². The molecule has 0 aliphatic carbocycles. The van der Waals surface area contributed by atoms with E-state index in [1.54, 1.807) is 49.4 Å². The number of esters is 1. The second-order valence-corrected chi connectivity index (χ2v) is 9.27. The largest absolute Gasteiger partial charge is 0.493 e. The van der Waals surface area contributed by atoms with Crippen molar-refractivity contribution < 1.29 is 32.2 Å². The molecular formula is C25H26N2O7S. The number of benzene rings is 3. The number of aryl methyl sites for hydroxylation is 1. The van der Waals surface area contributed by atoms with Crippen molar-refractivity contribution in [3.8, 4) is 11.5 Å². The van der Waals surface area contributed by atoms with Gasteiger partial charge in [-0.15, -0.1) is 0 Å². The number of anilines is 2. The van der Waals surface area contributed by atoms with E-state index in [0.717, 1.165) is 4.31 Å². The highest BCUT2D eigenvalue weighted by Crippen LogP contribution is 2.34. The summed E-state index contributed by atoms with van der Waals surface area (Å²) in [6, 6.07) is 17.5. The molecule has 0 radical (unpaired) electrons. The van der Waals surface area contributed by atoms with Gasteiger partial charge in [-0.3, -0.25) is 9.10 Å². The quantitative estimate of drug-likeness (QED) is 0.449. The Kier molecular flexibility index (Phi) is 7.98. The van der Waals surface area contributed by atoms with Gasteiger partial charge in [-0.25, -0.2) is 13.2 Å². The molecule has 1 N–H and O–H groups in total. The maximum atomic E-state index is 13.5. The van der Waals surface area contributed by atoms with Gasteiger partial charge in [0.25, 0.3) is 10.0 Å². The number of carbonyl (C=O) groups excluding carboxylic acids is 2. The topological polar surface area (TPSA) is 111 Å². The number of hydrogen-bond donors (Lipinski definition) is 1. The standard InChI is InChI=1S/C25H26N2O7S/c1-17-10-8-9-13-21(17)27(35(30,31)18-11-6-5-7-12-18)16-24(28)26-20-15-23(33-3)22(32-2)14-19(20)25(29)34-4/h5-15H,16H2,1-4H3,(H,26,28). The van der Waals surface area contributed by atoms with E-state index in [1.807, 2.05) is 0 Å². The Bertz CT molecular complexity index is 1320. The second-order valence-electron chi connectivity index (χ2n) is 7.40. The SMILES string of the molecule is COC(=O)c1cc(OC)c(OC)cc1NC(=O)CN(c1ccccc1C)S(=O)(=O)c1ccccc1. The Hall–Kier alpha value is -4.05. The number of amides is 1. The van der Waals surface area contributed by atoms with Crippen molar-refractivity contribution in [3.63, 3.8) is 0 Å². The zero-order valence-electron chi connectivity index (χ0n) is 19.8. The molecule has 0 spiro atoms. The number of carbonyl (C=O) groups is 2. The number of sulfonamides is 1. The van der Waals surface area contributed by atoms with Gasteiger partial charge in [0.15, 0.2) is 11.5 Å². The van der Waals surface area contributed by atoms with E-state index in [0.29, 0.717) is 11.3 Å². The van der Waals surface area contributed by atoms with Crippen LogP contribution < -0.4 is 19.1 Å². The number of para-hydroxylation sites is 1. The molecule has 9 nitrogen and oxygen atoms in total. The number of nitrogens with one attached hydrogen (secondary N) is 1. The first-order valence-corrected chi connectivity index (χ1v) is 11.9. The minimum absolute atomic E-state index is 0.0202. The summed E-state index contributed by atoms with van der Waals surface area (Å²) in [5, 5.41) is 2.61. The molecule has 3 aromatic carbocycles. The number of methoxy groups -OCH3 is 3. The maximum absolute atomic E-state index is 13.5. The van der Waals surface area contributed by atoms with Crippen molar-refractivity contribution in [2.45, 2.75) is 11.8 Å². The van der Waals surface area contributed by atoms with Crippen LogP contribution in [-0.4, -0.2) is 48.2 Å². The monoisotopic (exact) mass is 498 g/mol. The first-order chi connectivity index (χ1) is 16.7. The molecule has 35 heavy (non-hydrogen) atoms. The van der Waals surface area contributed by atoms with Gasteiger partial charge < -0.3 is 19.5 Å². The normalized spacial score (nSPS) is 10.9. The van der Waals surface area contributed by atoms with Gasteiger partial charge in [0.2, 0.25) is 5.91 Å². The lowest BCUT2D eigenvalue weighted by Crippen LogP contribution is -2.38. The molecule has 0 aliphatic heterocycles. The molecule has 0 saturated heterocycles. The minimum atomic E-state index is -4.08.